The molecular weight excluding hydrogens is 136 g/mol. The van der Waals surface area contributed by atoms with Gasteiger partial charge in [0.1, 0.15) is 5.82 Å². The van der Waals surface area contributed by atoms with Gasteiger partial charge in [0.15, 0.2) is 0 Å². The summed E-state index contributed by atoms with van der Waals surface area (Å²) in [5, 5.41) is 3.19. The lowest BCUT2D eigenvalue weighted by Crippen LogP contribution is -2.01. The van der Waals surface area contributed by atoms with Crippen LogP contribution in [0.2, 0.25) is 0 Å². The number of nitrogens with zero attached hydrogens (tertiary/aromatic N) is 1. The number of hydrogen-bond donors (Lipinski definition) is 1. The molecule has 0 fully saturated rings. The first-order chi connectivity index (χ1) is 5.24. The Morgan fingerprint density at radius 1 is 1.45 bits per heavy atom. The third-order valence-electron chi connectivity index (χ3n) is 1.56. The molecule has 0 amide bonds. The monoisotopic (exact) mass is 150 g/mol. The van der Waals surface area contributed by atoms with Crippen molar-refractivity contribution in [2.24, 2.45) is 0 Å². The molecule has 0 radical (unpaired) electrons. The summed E-state index contributed by atoms with van der Waals surface area (Å²) < 4.78 is 0. The Morgan fingerprint density at radius 2 is 2.18 bits per heavy atom. The van der Waals surface area contributed by atoms with Crippen LogP contribution < -0.4 is 5.32 Å². The highest BCUT2D eigenvalue weighted by Crippen LogP contribution is 2.11. The Labute approximate surface area is 67.7 Å². The summed E-state index contributed by atoms with van der Waals surface area (Å²) in [6, 6.07) is 2.13. The molecule has 1 N–H and O–H groups in total. The molecule has 0 spiro atoms. The highest BCUT2D eigenvalue weighted by Gasteiger charge is 1.96. The van der Waals surface area contributed by atoms with Crippen molar-refractivity contribution in [3.63, 3.8) is 0 Å². The zero-order valence-electron chi connectivity index (χ0n) is 7.31. The Kier molecular flexibility index (Phi) is 2.47. The summed E-state index contributed by atoms with van der Waals surface area (Å²) in [7, 11) is 0. The summed E-state index contributed by atoms with van der Waals surface area (Å²) in [6.45, 7) is 7.12. The number of aryl methyl sites for hydroxylation is 2. The van der Waals surface area contributed by atoms with Crippen molar-refractivity contribution in [1.29, 1.82) is 0 Å². The molecule has 0 atom stereocenters. The van der Waals surface area contributed by atoms with E-state index < -0.39 is 0 Å². The minimum Gasteiger partial charge on any atom is -0.370 e. The van der Waals surface area contributed by atoms with Crippen molar-refractivity contribution >= 4 is 5.82 Å². The van der Waals surface area contributed by atoms with Crippen LogP contribution in [-0.2, 0) is 0 Å². The molecule has 0 saturated carbocycles. The lowest BCUT2D eigenvalue weighted by molar-refractivity contribution is 1.13. The predicted molar refractivity (Wildman–Crippen MR) is 47.9 cm³/mol. The number of anilines is 1. The van der Waals surface area contributed by atoms with Crippen molar-refractivity contribution in [1.82, 2.24) is 4.98 Å². The molecule has 1 aromatic heterocycles. The molecule has 0 bridgehead atoms. The molecule has 60 valence electrons. The van der Waals surface area contributed by atoms with Crippen LogP contribution in [0.3, 0.4) is 0 Å². The van der Waals surface area contributed by atoms with Gasteiger partial charge < -0.3 is 5.32 Å². The lowest BCUT2D eigenvalue weighted by atomic mass is 10.2. The largest absolute Gasteiger partial charge is 0.370 e. The van der Waals surface area contributed by atoms with E-state index in [0.29, 0.717) is 0 Å². The van der Waals surface area contributed by atoms with Crippen LogP contribution in [0.4, 0.5) is 5.82 Å². The van der Waals surface area contributed by atoms with Crippen molar-refractivity contribution in [2.45, 2.75) is 20.8 Å². The smallest absolute Gasteiger partial charge is 0.128 e. The summed E-state index contributed by atoms with van der Waals surface area (Å²) in [6.07, 6.45) is 1.88. The average molecular weight is 150 g/mol. The van der Waals surface area contributed by atoms with E-state index >= 15 is 0 Å². The van der Waals surface area contributed by atoms with Gasteiger partial charge in [-0.05, 0) is 31.9 Å². The van der Waals surface area contributed by atoms with Gasteiger partial charge >= 0.3 is 0 Å². The van der Waals surface area contributed by atoms with Gasteiger partial charge in [-0.25, -0.2) is 4.98 Å². The van der Waals surface area contributed by atoms with E-state index in [0.717, 1.165) is 12.4 Å². The van der Waals surface area contributed by atoms with Gasteiger partial charge in [0.2, 0.25) is 0 Å². The zero-order chi connectivity index (χ0) is 8.27. The lowest BCUT2D eigenvalue weighted by Gasteiger charge is -2.05. The molecule has 1 rings (SSSR count). The molecule has 0 aliphatic rings. The van der Waals surface area contributed by atoms with Crippen LogP contribution in [0, 0.1) is 13.8 Å². The Hall–Kier alpha value is -1.05. The maximum Gasteiger partial charge on any atom is 0.128 e. The van der Waals surface area contributed by atoms with Gasteiger partial charge in [-0.3, -0.25) is 0 Å². The minimum atomic E-state index is 0.927. The van der Waals surface area contributed by atoms with Gasteiger partial charge in [-0.2, -0.15) is 0 Å². The highest BCUT2D eigenvalue weighted by atomic mass is 15.0. The number of nitrogens with one attached hydrogen (secondary N) is 1. The van der Waals surface area contributed by atoms with Crippen LogP contribution in [0.5, 0.6) is 0 Å². The maximum absolute atomic E-state index is 4.26. The van der Waals surface area contributed by atoms with Crippen LogP contribution in [0.1, 0.15) is 18.1 Å². The average Bonchev–Trinajstić information content (AvgIpc) is 1.95. The van der Waals surface area contributed by atoms with E-state index in [2.05, 4.69) is 37.1 Å². The summed E-state index contributed by atoms with van der Waals surface area (Å²) in [4.78, 5) is 4.26. The molecule has 1 heterocycles. The molecule has 2 nitrogen and oxygen atoms in total. The first kappa shape index (κ1) is 8.05. The molecule has 2 heteroatoms. The predicted octanol–water partition coefficient (Wildman–Crippen LogP) is 2.13. The molecule has 0 unspecified atom stereocenters. The third-order valence-corrected chi connectivity index (χ3v) is 1.56. The number of rotatable bonds is 2. The standard InChI is InChI=1S/C9H14N2/c1-4-10-9-8(3)5-7(2)6-11-9/h5-6H,4H2,1-3H3,(H,10,11). The van der Waals surface area contributed by atoms with Gasteiger partial charge in [0.05, 0.1) is 0 Å². The van der Waals surface area contributed by atoms with Gasteiger partial charge in [-0.1, -0.05) is 6.07 Å². The van der Waals surface area contributed by atoms with E-state index in [1.54, 1.807) is 0 Å². The van der Waals surface area contributed by atoms with Gasteiger partial charge in [0.25, 0.3) is 0 Å². The van der Waals surface area contributed by atoms with Crippen LogP contribution in [-0.4, -0.2) is 11.5 Å². The molecular formula is C9H14N2. The SMILES string of the molecule is CCNc1ncc(C)cc1C. The molecule has 0 aliphatic carbocycles. The normalized spacial score (nSPS) is 9.73. The van der Waals surface area contributed by atoms with E-state index in [9.17, 15) is 0 Å². The highest BCUT2D eigenvalue weighted by molar-refractivity contribution is 5.43. The fourth-order valence-corrected chi connectivity index (χ4v) is 1.07. The summed E-state index contributed by atoms with van der Waals surface area (Å²) >= 11 is 0. The Morgan fingerprint density at radius 3 is 2.73 bits per heavy atom. The maximum atomic E-state index is 4.26. The second-order valence-corrected chi connectivity index (χ2v) is 2.71. The topological polar surface area (TPSA) is 24.9 Å². The molecule has 0 aromatic carbocycles. The number of aromatic nitrogens is 1. The fraction of sp³-hybridized carbons (Fsp3) is 0.444. The van der Waals surface area contributed by atoms with E-state index in [1.807, 2.05) is 6.20 Å². The van der Waals surface area contributed by atoms with Crippen molar-refractivity contribution in [2.75, 3.05) is 11.9 Å². The second kappa shape index (κ2) is 3.37. The summed E-state index contributed by atoms with van der Waals surface area (Å²) in [5.74, 6) is 0.998. The van der Waals surface area contributed by atoms with E-state index in [1.165, 1.54) is 11.1 Å². The molecule has 1 aromatic rings. The first-order valence-electron chi connectivity index (χ1n) is 3.91. The van der Waals surface area contributed by atoms with Crippen LogP contribution in [0.25, 0.3) is 0 Å². The van der Waals surface area contributed by atoms with E-state index in [-0.39, 0.29) is 0 Å². The van der Waals surface area contributed by atoms with Crippen LogP contribution >= 0.6 is 0 Å². The number of pyridine rings is 1. The zero-order valence-corrected chi connectivity index (χ0v) is 7.31. The van der Waals surface area contributed by atoms with Crippen molar-refractivity contribution in [3.8, 4) is 0 Å². The van der Waals surface area contributed by atoms with Crippen molar-refractivity contribution < 1.29 is 0 Å². The molecule has 0 aliphatic heterocycles. The summed E-state index contributed by atoms with van der Waals surface area (Å²) in [5.41, 5.74) is 2.43. The van der Waals surface area contributed by atoms with Gasteiger partial charge in [-0.15, -0.1) is 0 Å². The molecule has 0 saturated heterocycles. The number of hydrogen-bond acceptors (Lipinski definition) is 2. The Bertz CT molecular complexity index is 243. The fourth-order valence-electron chi connectivity index (χ4n) is 1.07. The van der Waals surface area contributed by atoms with E-state index in [4.69, 9.17) is 0 Å². The van der Waals surface area contributed by atoms with Crippen molar-refractivity contribution in [3.05, 3.63) is 23.4 Å². The second-order valence-electron chi connectivity index (χ2n) is 2.71. The minimum absolute atomic E-state index is 0.927. The first-order valence-corrected chi connectivity index (χ1v) is 3.91. The Balaban J connectivity index is 2.90. The molecule has 11 heavy (non-hydrogen) atoms. The van der Waals surface area contributed by atoms with Crippen LogP contribution in [0.15, 0.2) is 12.3 Å². The third kappa shape index (κ3) is 1.93. The quantitative estimate of drug-likeness (QED) is 0.698. The van der Waals surface area contributed by atoms with Gasteiger partial charge in [0, 0.05) is 12.7 Å².